The number of pyridine rings is 1. The lowest BCUT2D eigenvalue weighted by atomic mass is 10.0. The fraction of sp³-hybridized carbons (Fsp3) is 0.150. The molecule has 0 aliphatic heterocycles. The van der Waals surface area contributed by atoms with Crippen molar-refractivity contribution < 1.29 is 27.5 Å². The highest BCUT2D eigenvalue weighted by Gasteiger charge is 2.30. The van der Waals surface area contributed by atoms with E-state index in [-0.39, 0.29) is 29.4 Å². The van der Waals surface area contributed by atoms with Crippen molar-refractivity contribution in [2.75, 3.05) is 0 Å². The average molecular weight is 404 g/mol. The van der Waals surface area contributed by atoms with Gasteiger partial charge in [-0.15, -0.1) is 0 Å². The molecule has 0 bridgehead atoms. The van der Waals surface area contributed by atoms with E-state index in [1.54, 1.807) is 6.07 Å². The van der Waals surface area contributed by atoms with Crippen LogP contribution in [0.1, 0.15) is 27.0 Å². The van der Waals surface area contributed by atoms with Crippen molar-refractivity contribution in [2.24, 2.45) is 0 Å². The number of aromatic nitrogens is 1. The van der Waals surface area contributed by atoms with E-state index in [2.05, 4.69) is 0 Å². The summed E-state index contributed by atoms with van der Waals surface area (Å²) < 4.78 is 53.7. The molecule has 9 heteroatoms. The fourth-order valence-corrected chi connectivity index (χ4v) is 2.95. The summed E-state index contributed by atoms with van der Waals surface area (Å²) >= 11 is 0. The minimum Gasteiger partial charge on any atom is -0.477 e. The summed E-state index contributed by atoms with van der Waals surface area (Å²) in [4.78, 5) is 23.8. The van der Waals surface area contributed by atoms with Crippen LogP contribution in [0.5, 0.6) is 0 Å². The van der Waals surface area contributed by atoms with Crippen molar-refractivity contribution in [3.05, 3.63) is 80.9 Å². The monoisotopic (exact) mass is 404 g/mol. The first kappa shape index (κ1) is 20.1. The first-order valence-electron chi connectivity index (χ1n) is 8.23. The molecular formula is C20H12F4N2O3. The average Bonchev–Trinajstić information content (AvgIpc) is 2.65. The van der Waals surface area contributed by atoms with Crippen LogP contribution in [0.4, 0.5) is 17.6 Å². The van der Waals surface area contributed by atoms with Crippen LogP contribution in [0.25, 0.3) is 10.9 Å². The second-order valence-electron chi connectivity index (χ2n) is 6.30. The molecule has 29 heavy (non-hydrogen) atoms. The quantitative estimate of drug-likeness (QED) is 0.667. The molecule has 0 aliphatic carbocycles. The Morgan fingerprint density at radius 2 is 1.83 bits per heavy atom. The summed E-state index contributed by atoms with van der Waals surface area (Å²) in [7, 11) is 0. The fourth-order valence-electron chi connectivity index (χ4n) is 2.95. The standard InChI is InChI=1S/C20H12F4N2O3/c21-16-8-14-17(7-12(16)5-6-25)26(10-15(18(14)27)19(28)29)9-11-1-3-13(4-2-11)20(22,23)24/h1-4,7-8,10H,5,9H2,(H,28,29). The lowest BCUT2D eigenvalue weighted by Crippen LogP contribution is -2.20. The highest BCUT2D eigenvalue weighted by Crippen LogP contribution is 2.29. The maximum atomic E-state index is 14.2. The summed E-state index contributed by atoms with van der Waals surface area (Å²) in [6.07, 6.45) is -3.71. The van der Waals surface area contributed by atoms with Crippen molar-refractivity contribution in [2.45, 2.75) is 19.1 Å². The Labute approximate surface area is 161 Å². The van der Waals surface area contributed by atoms with E-state index < -0.39 is 34.5 Å². The Kier molecular flexibility index (Phi) is 5.12. The largest absolute Gasteiger partial charge is 0.477 e. The van der Waals surface area contributed by atoms with Crippen LogP contribution in [0.15, 0.2) is 47.4 Å². The molecule has 148 valence electrons. The normalized spacial score (nSPS) is 11.4. The van der Waals surface area contributed by atoms with Crippen LogP contribution in [0, 0.1) is 17.1 Å². The maximum absolute atomic E-state index is 14.2. The molecule has 3 rings (SSSR count). The van der Waals surface area contributed by atoms with Crippen LogP contribution in [0.2, 0.25) is 0 Å². The van der Waals surface area contributed by atoms with Crippen LogP contribution < -0.4 is 5.43 Å². The summed E-state index contributed by atoms with van der Waals surface area (Å²) in [6.45, 7) is -0.0627. The number of carboxylic acid groups (broad SMARTS) is 1. The zero-order chi connectivity index (χ0) is 21.3. The number of benzene rings is 2. The SMILES string of the molecule is N#CCc1cc2c(cc1F)c(=O)c(C(=O)O)cn2Cc1ccc(C(F)(F)F)cc1. The summed E-state index contributed by atoms with van der Waals surface area (Å²) in [5.41, 5.74) is -1.73. The van der Waals surface area contributed by atoms with Crippen molar-refractivity contribution in [1.82, 2.24) is 4.57 Å². The van der Waals surface area contributed by atoms with E-state index in [0.717, 1.165) is 24.4 Å². The number of nitriles is 1. The van der Waals surface area contributed by atoms with Gasteiger partial charge in [-0.2, -0.15) is 18.4 Å². The van der Waals surface area contributed by atoms with E-state index >= 15 is 0 Å². The number of carbonyl (C=O) groups is 1. The number of nitrogens with zero attached hydrogens (tertiary/aromatic N) is 2. The minimum atomic E-state index is -4.50. The highest BCUT2D eigenvalue weighted by molar-refractivity contribution is 5.92. The van der Waals surface area contributed by atoms with Crippen LogP contribution in [0.3, 0.4) is 0 Å². The van der Waals surface area contributed by atoms with E-state index in [4.69, 9.17) is 5.26 Å². The molecule has 1 aromatic heterocycles. The van der Waals surface area contributed by atoms with Gasteiger partial charge in [0.1, 0.15) is 11.4 Å². The van der Waals surface area contributed by atoms with Gasteiger partial charge in [0, 0.05) is 23.7 Å². The molecule has 5 nitrogen and oxygen atoms in total. The predicted octanol–water partition coefficient (Wildman–Crippen LogP) is 3.97. The second-order valence-corrected chi connectivity index (χ2v) is 6.30. The molecule has 0 spiro atoms. The van der Waals surface area contributed by atoms with Gasteiger partial charge in [0.25, 0.3) is 0 Å². The lowest BCUT2D eigenvalue weighted by Gasteiger charge is -2.14. The van der Waals surface area contributed by atoms with Crippen molar-refractivity contribution in [1.29, 1.82) is 5.26 Å². The van der Waals surface area contributed by atoms with Gasteiger partial charge < -0.3 is 9.67 Å². The Hall–Kier alpha value is -3.67. The second kappa shape index (κ2) is 7.39. The zero-order valence-electron chi connectivity index (χ0n) is 14.6. The molecule has 0 amide bonds. The lowest BCUT2D eigenvalue weighted by molar-refractivity contribution is -0.137. The third kappa shape index (κ3) is 3.96. The molecule has 0 atom stereocenters. The van der Waals surface area contributed by atoms with Crippen LogP contribution in [-0.4, -0.2) is 15.6 Å². The van der Waals surface area contributed by atoms with Crippen LogP contribution in [-0.2, 0) is 19.1 Å². The summed E-state index contributed by atoms with van der Waals surface area (Å²) in [6, 6.07) is 8.17. The van der Waals surface area contributed by atoms with Gasteiger partial charge in [-0.1, -0.05) is 12.1 Å². The zero-order valence-corrected chi connectivity index (χ0v) is 14.6. The third-order valence-corrected chi connectivity index (χ3v) is 4.38. The first-order chi connectivity index (χ1) is 13.6. The van der Waals surface area contributed by atoms with Gasteiger partial charge in [0.2, 0.25) is 5.43 Å². The molecule has 0 saturated heterocycles. The van der Waals surface area contributed by atoms with Gasteiger partial charge in [-0.05, 0) is 29.8 Å². The van der Waals surface area contributed by atoms with Gasteiger partial charge in [0.15, 0.2) is 0 Å². The number of hydrogen-bond donors (Lipinski definition) is 1. The molecule has 0 fully saturated rings. The number of fused-ring (bicyclic) bond motifs is 1. The third-order valence-electron chi connectivity index (χ3n) is 4.38. The van der Waals surface area contributed by atoms with Gasteiger partial charge in [-0.25, -0.2) is 9.18 Å². The van der Waals surface area contributed by atoms with Crippen LogP contribution >= 0.6 is 0 Å². The highest BCUT2D eigenvalue weighted by atomic mass is 19.4. The summed E-state index contributed by atoms with van der Waals surface area (Å²) in [5, 5.41) is 17.9. The Bertz CT molecular complexity index is 1210. The smallest absolute Gasteiger partial charge is 0.416 e. The molecule has 0 unspecified atom stereocenters. The number of hydrogen-bond acceptors (Lipinski definition) is 3. The molecule has 2 aromatic carbocycles. The van der Waals surface area contributed by atoms with Crippen molar-refractivity contribution in [3.8, 4) is 6.07 Å². The van der Waals surface area contributed by atoms with Gasteiger partial charge in [0.05, 0.1) is 23.6 Å². The Balaban J connectivity index is 2.18. The predicted molar refractivity (Wildman–Crippen MR) is 95.0 cm³/mol. The molecular weight excluding hydrogens is 392 g/mol. The molecule has 0 aliphatic rings. The number of rotatable bonds is 4. The topological polar surface area (TPSA) is 83.1 Å². The number of halogens is 4. The molecule has 1 N–H and O–H groups in total. The molecule has 0 saturated carbocycles. The number of alkyl halides is 3. The van der Waals surface area contributed by atoms with E-state index in [1.165, 1.54) is 22.8 Å². The van der Waals surface area contributed by atoms with Gasteiger partial charge in [-0.3, -0.25) is 4.79 Å². The van der Waals surface area contributed by atoms with Crippen molar-refractivity contribution in [3.63, 3.8) is 0 Å². The van der Waals surface area contributed by atoms with Crippen molar-refractivity contribution >= 4 is 16.9 Å². The molecule has 3 aromatic rings. The van der Waals surface area contributed by atoms with E-state index in [1.807, 2.05) is 0 Å². The number of aromatic carboxylic acids is 1. The molecule has 1 heterocycles. The molecule has 0 radical (unpaired) electrons. The number of carboxylic acids is 1. The maximum Gasteiger partial charge on any atom is 0.416 e. The Morgan fingerprint density at radius 3 is 2.38 bits per heavy atom. The van der Waals surface area contributed by atoms with E-state index in [0.29, 0.717) is 5.56 Å². The first-order valence-corrected chi connectivity index (χ1v) is 8.23. The minimum absolute atomic E-state index is 0.0173. The van der Waals surface area contributed by atoms with Gasteiger partial charge >= 0.3 is 12.1 Å². The van der Waals surface area contributed by atoms with E-state index in [9.17, 15) is 32.3 Å². The summed E-state index contributed by atoms with van der Waals surface area (Å²) in [5.74, 6) is -2.33. The Morgan fingerprint density at radius 1 is 1.17 bits per heavy atom.